The average Bonchev–Trinajstić information content (AvgIpc) is 3.24. The first-order valence-corrected chi connectivity index (χ1v) is 9.10. The third-order valence-corrected chi connectivity index (χ3v) is 4.70. The number of aromatic nitrogens is 6. The summed E-state index contributed by atoms with van der Waals surface area (Å²) in [5.41, 5.74) is 0.703. The molecule has 2 aromatic heterocycles. The van der Waals surface area contributed by atoms with Crippen molar-refractivity contribution >= 4 is 27.1 Å². The minimum Gasteiger partial charge on any atom is -0.478 e. The van der Waals surface area contributed by atoms with Crippen molar-refractivity contribution in [3.05, 3.63) is 48.7 Å². The first-order chi connectivity index (χ1) is 13.5. The van der Waals surface area contributed by atoms with Gasteiger partial charge in [0.05, 0.1) is 12.0 Å². The lowest BCUT2D eigenvalue weighted by atomic mass is 10.3. The summed E-state index contributed by atoms with van der Waals surface area (Å²) >= 11 is 0. The quantitative estimate of drug-likeness (QED) is 0.482. The van der Waals surface area contributed by atoms with Crippen molar-refractivity contribution in [2.75, 3.05) is 17.1 Å². The number of hydrogen-bond donors (Lipinski definition) is 3. The number of nitrogens with one attached hydrogen (secondary N) is 3. The van der Waals surface area contributed by atoms with Crippen LogP contribution in [0.1, 0.15) is 5.82 Å². The average molecular weight is 399 g/mol. The predicted molar refractivity (Wildman–Crippen MR) is 97.2 cm³/mol. The number of methoxy groups -OCH3 is 1. The summed E-state index contributed by atoms with van der Waals surface area (Å²) in [5.74, 6) is 0.172. The van der Waals surface area contributed by atoms with E-state index in [-0.39, 0.29) is 28.0 Å². The molecule has 28 heavy (non-hydrogen) atoms. The van der Waals surface area contributed by atoms with Crippen LogP contribution in [-0.4, -0.2) is 46.1 Å². The molecule has 0 bridgehead atoms. The molecule has 1 aromatic carbocycles. The zero-order chi connectivity index (χ0) is 20.0. The Balaban J connectivity index is 1.75. The minimum absolute atomic E-state index is 0.00779. The van der Waals surface area contributed by atoms with Crippen molar-refractivity contribution in [1.82, 2.24) is 30.6 Å². The van der Waals surface area contributed by atoms with Crippen LogP contribution in [0, 0.1) is 11.3 Å². The second-order valence-electron chi connectivity index (χ2n) is 5.09. The molecule has 0 saturated carbocycles. The van der Waals surface area contributed by atoms with Crippen LogP contribution in [0.4, 0.5) is 11.5 Å². The van der Waals surface area contributed by atoms with Gasteiger partial charge in [-0.15, -0.1) is 10.2 Å². The third kappa shape index (κ3) is 4.19. The number of rotatable bonds is 7. The van der Waals surface area contributed by atoms with Gasteiger partial charge in [-0.2, -0.15) is 10.5 Å². The van der Waals surface area contributed by atoms with Crippen molar-refractivity contribution in [1.29, 1.82) is 5.26 Å². The Morgan fingerprint density at radius 2 is 2.00 bits per heavy atom. The molecule has 0 atom stereocenters. The zero-order valence-corrected chi connectivity index (χ0v) is 15.2. The van der Waals surface area contributed by atoms with Crippen LogP contribution in [0.25, 0.3) is 5.57 Å². The maximum absolute atomic E-state index is 12.5. The molecule has 142 valence electrons. The van der Waals surface area contributed by atoms with Crippen molar-refractivity contribution in [3.8, 4) is 11.9 Å². The van der Waals surface area contributed by atoms with Crippen LogP contribution >= 0.6 is 0 Å². The second kappa shape index (κ2) is 8.10. The van der Waals surface area contributed by atoms with E-state index in [4.69, 9.17) is 10.00 Å². The first-order valence-electron chi connectivity index (χ1n) is 7.62. The van der Waals surface area contributed by atoms with Crippen molar-refractivity contribution in [3.63, 3.8) is 0 Å². The Bertz CT molecular complexity index is 1120. The highest BCUT2D eigenvalue weighted by Crippen LogP contribution is 2.22. The van der Waals surface area contributed by atoms with Gasteiger partial charge in [-0.1, -0.05) is 0 Å². The lowest BCUT2D eigenvalue weighted by molar-refractivity contribution is 0.398. The van der Waals surface area contributed by atoms with E-state index in [0.717, 1.165) is 0 Å². The molecule has 2 heterocycles. The van der Waals surface area contributed by atoms with E-state index in [1.165, 1.54) is 50.0 Å². The van der Waals surface area contributed by atoms with Gasteiger partial charge in [0.15, 0.2) is 0 Å². The number of H-pyrrole nitrogens is 1. The number of anilines is 2. The van der Waals surface area contributed by atoms with E-state index < -0.39 is 10.0 Å². The molecule has 0 aliphatic heterocycles. The van der Waals surface area contributed by atoms with Crippen molar-refractivity contribution in [2.24, 2.45) is 0 Å². The molecule has 3 rings (SSSR count). The number of tetrazole rings is 1. The van der Waals surface area contributed by atoms with Crippen LogP contribution in [0.2, 0.25) is 0 Å². The van der Waals surface area contributed by atoms with Crippen molar-refractivity contribution in [2.45, 2.75) is 4.90 Å². The second-order valence-corrected chi connectivity index (χ2v) is 6.78. The highest BCUT2D eigenvalue weighted by molar-refractivity contribution is 7.92. The topological polar surface area (TPSA) is 171 Å². The summed E-state index contributed by atoms with van der Waals surface area (Å²) in [6.45, 7) is 0. The van der Waals surface area contributed by atoms with Gasteiger partial charge in [-0.05, 0) is 29.5 Å². The van der Waals surface area contributed by atoms with Gasteiger partial charge in [0.2, 0.25) is 11.6 Å². The fourth-order valence-corrected chi connectivity index (χ4v) is 3.05. The number of sulfonamides is 1. The molecular formula is C15H13N9O3S. The molecule has 3 N–H and O–H groups in total. The van der Waals surface area contributed by atoms with Crippen LogP contribution in [-0.2, 0) is 10.0 Å². The summed E-state index contributed by atoms with van der Waals surface area (Å²) in [7, 11) is -2.53. The molecule has 12 nitrogen and oxygen atoms in total. The summed E-state index contributed by atoms with van der Waals surface area (Å²) < 4.78 is 32.3. The highest BCUT2D eigenvalue weighted by Gasteiger charge is 2.18. The molecule has 0 aliphatic carbocycles. The maximum Gasteiger partial charge on any atom is 0.263 e. The Hall–Kier alpha value is -4.05. The number of nitriles is 1. The standard InChI is InChI=1S/C15H13N9O3S/c1-27-15-14(17-6-7-18-15)22-28(25,26)12-4-2-11(3-5-12)19-9-10(8-16)13-20-23-24-21-13/h2-7,9,19H,1H3,(H,17,22)(H,20,21,23,24). The zero-order valence-electron chi connectivity index (χ0n) is 14.4. The summed E-state index contributed by atoms with van der Waals surface area (Å²) in [6.07, 6.45) is 4.11. The van der Waals surface area contributed by atoms with E-state index in [2.05, 4.69) is 40.6 Å². The van der Waals surface area contributed by atoms with Crippen LogP contribution in [0.3, 0.4) is 0 Å². The Kier molecular flexibility index (Phi) is 5.42. The number of benzene rings is 1. The summed E-state index contributed by atoms with van der Waals surface area (Å²) in [4.78, 5) is 7.81. The van der Waals surface area contributed by atoms with Gasteiger partial charge >= 0.3 is 0 Å². The Labute approximate surface area is 159 Å². The Morgan fingerprint density at radius 1 is 1.25 bits per heavy atom. The van der Waals surface area contributed by atoms with E-state index >= 15 is 0 Å². The third-order valence-electron chi connectivity index (χ3n) is 3.34. The highest BCUT2D eigenvalue weighted by atomic mass is 32.2. The minimum atomic E-state index is -3.89. The van der Waals surface area contributed by atoms with Gasteiger partial charge in [0.25, 0.3) is 15.9 Å². The monoisotopic (exact) mass is 399 g/mol. The maximum atomic E-state index is 12.5. The van der Waals surface area contributed by atoms with Gasteiger partial charge in [0, 0.05) is 24.3 Å². The lowest BCUT2D eigenvalue weighted by Gasteiger charge is -2.10. The van der Waals surface area contributed by atoms with Crippen molar-refractivity contribution < 1.29 is 13.2 Å². The predicted octanol–water partition coefficient (Wildman–Crippen LogP) is 0.776. The van der Waals surface area contributed by atoms with E-state index in [9.17, 15) is 8.42 Å². The molecule has 0 unspecified atom stereocenters. The summed E-state index contributed by atoms with van der Waals surface area (Å²) in [6, 6.07) is 7.78. The molecule has 0 aliphatic rings. The lowest BCUT2D eigenvalue weighted by Crippen LogP contribution is -2.15. The molecule has 3 aromatic rings. The number of aromatic amines is 1. The number of allylic oxidation sites excluding steroid dienone is 1. The van der Waals surface area contributed by atoms with Crippen LogP contribution in [0.15, 0.2) is 47.8 Å². The van der Waals surface area contributed by atoms with Gasteiger partial charge < -0.3 is 10.1 Å². The van der Waals surface area contributed by atoms with Crippen LogP contribution in [0.5, 0.6) is 5.88 Å². The van der Waals surface area contributed by atoms with E-state index in [1.54, 1.807) is 0 Å². The molecule has 0 amide bonds. The molecule has 13 heteroatoms. The summed E-state index contributed by atoms with van der Waals surface area (Å²) in [5, 5.41) is 25.0. The smallest absolute Gasteiger partial charge is 0.263 e. The number of nitrogens with zero attached hydrogens (tertiary/aromatic N) is 6. The molecule has 0 spiro atoms. The molecular weight excluding hydrogens is 386 g/mol. The van der Waals surface area contributed by atoms with E-state index in [1.807, 2.05) is 6.07 Å². The fraction of sp³-hybridized carbons (Fsp3) is 0.0667. The van der Waals surface area contributed by atoms with Gasteiger partial charge in [0.1, 0.15) is 11.6 Å². The largest absolute Gasteiger partial charge is 0.478 e. The van der Waals surface area contributed by atoms with Gasteiger partial charge in [-0.3, -0.25) is 4.72 Å². The van der Waals surface area contributed by atoms with Crippen LogP contribution < -0.4 is 14.8 Å². The molecule has 0 radical (unpaired) electrons. The molecule has 0 fully saturated rings. The van der Waals surface area contributed by atoms with E-state index in [0.29, 0.717) is 5.69 Å². The normalized spacial score (nSPS) is 11.5. The number of ether oxygens (including phenoxy) is 1. The fourth-order valence-electron chi connectivity index (χ4n) is 2.04. The first kappa shape index (κ1) is 18.7. The Morgan fingerprint density at radius 3 is 2.64 bits per heavy atom. The number of hydrogen-bond acceptors (Lipinski definition) is 10. The van der Waals surface area contributed by atoms with Gasteiger partial charge in [-0.25, -0.2) is 18.4 Å². The SMILES string of the molecule is COc1nccnc1NS(=O)(=O)c1ccc(NC=C(C#N)c2nn[nH]n2)cc1. The molecule has 0 saturated heterocycles.